The van der Waals surface area contributed by atoms with Crippen LogP contribution in [-0.2, 0) is 38.2 Å². The SMILES string of the molecule is C.C.Cc1ccc(OC(=O)C(CCCCOC#N)N=C=O)cc1.N#COCCCCC(N=C=O)C(=O)OCN=C=O. The average Bonchev–Trinajstić information content (AvgIpc) is 2.93. The average molecular weight is 574 g/mol. The van der Waals surface area contributed by atoms with Crippen LogP contribution in [0.2, 0.25) is 0 Å². The third-order valence-corrected chi connectivity index (χ3v) is 4.61. The van der Waals surface area contributed by atoms with Crippen molar-refractivity contribution in [2.75, 3.05) is 19.9 Å². The van der Waals surface area contributed by atoms with Gasteiger partial charge in [-0.25, -0.2) is 24.0 Å². The molecule has 2 atom stereocenters. The molecule has 0 heterocycles. The number of nitriles is 2. The zero-order valence-corrected chi connectivity index (χ0v) is 21.2. The topological polar surface area (TPSA) is 207 Å². The molecular weight excluding hydrogens is 538 g/mol. The summed E-state index contributed by atoms with van der Waals surface area (Å²) in [5.74, 6) is -0.952. The molecule has 14 heteroatoms. The van der Waals surface area contributed by atoms with Crippen molar-refractivity contribution in [1.82, 2.24) is 0 Å². The molecule has 0 saturated heterocycles. The quantitative estimate of drug-likeness (QED) is 0.0654. The van der Waals surface area contributed by atoms with Gasteiger partial charge in [0.25, 0.3) is 12.5 Å². The minimum absolute atomic E-state index is 0. The molecule has 0 saturated carbocycles. The summed E-state index contributed by atoms with van der Waals surface area (Å²) >= 11 is 0. The fourth-order valence-electron chi connectivity index (χ4n) is 2.72. The zero-order chi connectivity index (χ0) is 29.1. The van der Waals surface area contributed by atoms with Gasteiger partial charge in [0.05, 0.1) is 0 Å². The first-order valence-electron chi connectivity index (χ1n) is 11.6. The number of aliphatic imine (C=N–C) groups is 3. The molecule has 0 N–H and O–H groups in total. The molecule has 0 aliphatic carbocycles. The number of ether oxygens (including phenoxy) is 4. The number of benzene rings is 1. The summed E-state index contributed by atoms with van der Waals surface area (Å²) in [6.45, 7) is 1.98. The molecule has 0 aliphatic rings. The summed E-state index contributed by atoms with van der Waals surface area (Å²) in [6.07, 6.45) is 9.77. The molecule has 0 aliphatic heterocycles. The molecule has 2 unspecified atom stereocenters. The molecule has 0 spiro atoms. The molecular formula is C27H35N5O9. The van der Waals surface area contributed by atoms with Crippen molar-refractivity contribution in [3.8, 4) is 18.3 Å². The third kappa shape index (κ3) is 21.5. The van der Waals surface area contributed by atoms with E-state index in [0.29, 0.717) is 37.9 Å². The van der Waals surface area contributed by atoms with Crippen molar-refractivity contribution < 1.29 is 42.9 Å². The van der Waals surface area contributed by atoms with Gasteiger partial charge in [0.2, 0.25) is 18.2 Å². The van der Waals surface area contributed by atoms with E-state index in [9.17, 15) is 24.0 Å². The molecule has 222 valence electrons. The second-order valence-corrected chi connectivity index (χ2v) is 7.42. The maximum Gasteiger partial charge on any atom is 0.337 e. The van der Waals surface area contributed by atoms with Crippen LogP contribution >= 0.6 is 0 Å². The number of isocyanates is 3. The summed E-state index contributed by atoms with van der Waals surface area (Å²) < 4.78 is 18.7. The molecule has 0 aromatic heterocycles. The Morgan fingerprint density at radius 1 is 0.780 bits per heavy atom. The van der Waals surface area contributed by atoms with E-state index in [4.69, 9.17) is 15.3 Å². The Balaban J connectivity index is -0.000000680. The normalized spacial score (nSPS) is 10.0. The number of hydrogen-bond donors (Lipinski definition) is 0. The van der Waals surface area contributed by atoms with E-state index >= 15 is 0 Å². The lowest BCUT2D eigenvalue weighted by Gasteiger charge is -2.10. The van der Waals surface area contributed by atoms with Crippen LogP contribution in [0.5, 0.6) is 5.75 Å². The molecule has 1 aromatic carbocycles. The summed E-state index contributed by atoms with van der Waals surface area (Å²) in [5, 5.41) is 16.3. The van der Waals surface area contributed by atoms with Gasteiger partial charge in [-0.05, 0) is 57.6 Å². The standard InChI is InChI=1S/C15H16N2O4.C10H11N3O5.2CH4/c1-12-5-7-13(8-6-12)21-15(19)14(17-11-18)4-2-3-9-20-10-16;11-5-17-4-2-1-3-9(13-7-15)10(16)18-8-12-6-14;;/h5-8,14H,2-4,9H2,1H3;9H,1-4,8H2;2*1H4. The van der Waals surface area contributed by atoms with Crippen molar-refractivity contribution in [2.45, 2.75) is 72.4 Å². The van der Waals surface area contributed by atoms with Crippen LogP contribution in [-0.4, -0.2) is 62.2 Å². The molecule has 1 aromatic rings. The largest absolute Gasteiger partial charge is 0.440 e. The van der Waals surface area contributed by atoms with Gasteiger partial charge < -0.3 is 18.9 Å². The first-order chi connectivity index (χ1) is 18.9. The Morgan fingerprint density at radius 2 is 1.27 bits per heavy atom. The molecule has 0 bridgehead atoms. The highest BCUT2D eigenvalue weighted by Gasteiger charge is 2.20. The summed E-state index contributed by atoms with van der Waals surface area (Å²) in [6, 6.07) is 5.13. The van der Waals surface area contributed by atoms with Crippen LogP contribution in [0, 0.1) is 30.0 Å². The first kappa shape index (κ1) is 40.4. The minimum atomic E-state index is -0.980. The van der Waals surface area contributed by atoms with Gasteiger partial charge in [-0.3, -0.25) is 0 Å². The highest BCUT2D eigenvalue weighted by molar-refractivity contribution is 5.79. The number of esters is 2. The van der Waals surface area contributed by atoms with Crippen molar-refractivity contribution in [2.24, 2.45) is 15.0 Å². The van der Waals surface area contributed by atoms with Gasteiger partial charge in [-0.2, -0.15) is 25.5 Å². The maximum absolute atomic E-state index is 11.9. The van der Waals surface area contributed by atoms with Crippen LogP contribution < -0.4 is 4.74 Å². The smallest absolute Gasteiger partial charge is 0.337 e. The van der Waals surface area contributed by atoms with E-state index in [1.165, 1.54) is 24.5 Å². The van der Waals surface area contributed by atoms with Gasteiger partial charge in [0, 0.05) is 0 Å². The van der Waals surface area contributed by atoms with Gasteiger partial charge in [0.15, 0.2) is 18.8 Å². The maximum atomic E-state index is 11.9. The van der Waals surface area contributed by atoms with Crippen molar-refractivity contribution in [1.29, 1.82) is 10.5 Å². The monoisotopic (exact) mass is 573 g/mol. The number of unbranched alkanes of at least 4 members (excludes halogenated alkanes) is 2. The zero-order valence-electron chi connectivity index (χ0n) is 21.2. The van der Waals surface area contributed by atoms with E-state index in [1.807, 2.05) is 19.1 Å². The first-order valence-corrected chi connectivity index (χ1v) is 11.6. The highest BCUT2D eigenvalue weighted by atomic mass is 16.5. The number of aryl methyl sites for hydroxylation is 1. The number of hydrogen-bond acceptors (Lipinski definition) is 14. The van der Waals surface area contributed by atoms with Crippen LogP contribution in [0.4, 0.5) is 0 Å². The summed E-state index contributed by atoms with van der Waals surface area (Å²) in [4.78, 5) is 63.3. The Kier molecular flexibility index (Phi) is 27.5. The molecule has 1 rings (SSSR count). The Bertz CT molecular complexity index is 1110. The van der Waals surface area contributed by atoms with E-state index in [2.05, 4.69) is 29.2 Å². The second kappa shape index (κ2) is 27.9. The summed E-state index contributed by atoms with van der Waals surface area (Å²) in [5.41, 5.74) is 1.05. The van der Waals surface area contributed by atoms with E-state index < -0.39 is 30.8 Å². The van der Waals surface area contributed by atoms with E-state index in [0.717, 1.165) is 5.56 Å². The predicted molar refractivity (Wildman–Crippen MR) is 144 cm³/mol. The second-order valence-electron chi connectivity index (χ2n) is 7.42. The van der Waals surface area contributed by atoms with Gasteiger partial charge in [0.1, 0.15) is 19.0 Å². The summed E-state index contributed by atoms with van der Waals surface area (Å²) in [7, 11) is 0. The predicted octanol–water partition coefficient (Wildman–Crippen LogP) is 3.74. The minimum Gasteiger partial charge on any atom is -0.440 e. The fourth-order valence-corrected chi connectivity index (χ4v) is 2.72. The molecule has 0 radical (unpaired) electrons. The van der Waals surface area contributed by atoms with Crippen LogP contribution in [0.3, 0.4) is 0 Å². The Hall–Kier alpha value is -5.12. The Morgan fingerprint density at radius 3 is 1.71 bits per heavy atom. The lowest BCUT2D eigenvalue weighted by atomic mass is 10.1. The van der Waals surface area contributed by atoms with E-state index in [-0.39, 0.29) is 34.5 Å². The molecule has 0 fully saturated rings. The van der Waals surface area contributed by atoms with Crippen molar-refractivity contribution >= 4 is 30.2 Å². The van der Waals surface area contributed by atoms with Crippen molar-refractivity contribution in [3.63, 3.8) is 0 Å². The lowest BCUT2D eigenvalue weighted by molar-refractivity contribution is -0.145. The molecule has 41 heavy (non-hydrogen) atoms. The number of carbonyl (C=O) groups excluding carboxylic acids is 5. The van der Waals surface area contributed by atoms with Crippen LogP contribution in [0.15, 0.2) is 39.2 Å². The van der Waals surface area contributed by atoms with Crippen molar-refractivity contribution in [3.05, 3.63) is 29.8 Å². The number of nitrogens with zero attached hydrogens (tertiary/aromatic N) is 5. The van der Waals surface area contributed by atoms with Gasteiger partial charge >= 0.3 is 11.9 Å². The van der Waals surface area contributed by atoms with Gasteiger partial charge in [-0.15, -0.1) is 0 Å². The highest BCUT2D eigenvalue weighted by Crippen LogP contribution is 2.14. The van der Waals surface area contributed by atoms with E-state index in [1.54, 1.807) is 18.4 Å². The van der Waals surface area contributed by atoms with Crippen LogP contribution in [0.25, 0.3) is 0 Å². The lowest BCUT2D eigenvalue weighted by Crippen LogP contribution is -2.24. The third-order valence-electron chi connectivity index (χ3n) is 4.61. The molecule has 14 nitrogen and oxygen atoms in total. The molecule has 0 amide bonds. The van der Waals surface area contributed by atoms with Gasteiger partial charge in [-0.1, -0.05) is 32.5 Å². The van der Waals surface area contributed by atoms with Crippen LogP contribution in [0.1, 0.15) is 58.9 Å². The number of carbonyl (C=O) groups is 2. The fraction of sp³-hybridized carbons (Fsp3) is 0.519. The number of rotatable bonds is 17. The Labute approximate surface area is 239 Å².